The quantitative estimate of drug-likeness (QED) is 0.748. The van der Waals surface area contributed by atoms with Crippen LogP contribution in [0, 0.1) is 0 Å². The summed E-state index contributed by atoms with van der Waals surface area (Å²) in [4.78, 5) is 3.36. The van der Waals surface area contributed by atoms with Crippen molar-refractivity contribution < 1.29 is 9.31 Å². The molecule has 98 valence electrons. The molecule has 1 fully saturated rings. The van der Waals surface area contributed by atoms with Crippen molar-refractivity contribution in [3.8, 4) is 0 Å². The second-order valence-electron chi connectivity index (χ2n) is 5.76. The van der Waals surface area contributed by atoms with Gasteiger partial charge < -0.3 is 14.3 Å². The number of aromatic nitrogens is 1. The third kappa shape index (κ3) is 2.04. The van der Waals surface area contributed by atoms with Crippen LogP contribution in [0.3, 0.4) is 0 Å². The molecule has 1 aliphatic rings. The monoisotopic (exact) mass is 247 g/mol. The van der Waals surface area contributed by atoms with Crippen LogP contribution in [0.15, 0.2) is 6.07 Å². The number of aromatic amines is 1. The van der Waals surface area contributed by atoms with E-state index in [0.29, 0.717) is 0 Å². The first-order valence-electron chi connectivity index (χ1n) is 6.48. The lowest BCUT2D eigenvalue weighted by Crippen LogP contribution is -2.41. The Labute approximate surface area is 109 Å². The minimum atomic E-state index is -0.317. The van der Waals surface area contributed by atoms with E-state index in [1.165, 1.54) is 5.22 Å². The first-order valence-corrected chi connectivity index (χ1v) is 6.48. The van der Waals surface area contributed by atoms with Crippen molar-refractivity contribution in [2.24, 2.45) is 0 Å². The van der Waals surface area contributed by atoms with Crippen LogP contribution in [0.4, 0.5) is 0 Å². The summed E-state index contributed by atoms with van der Waals surface area (Å²) < 4.78 is 12.1. The van der Waals surface area contributed by atoms with Gasteiger partial charge in [-0.1, -0.05) is 12.2 Å². The Balaban J connectivity index is 2.39. The highest BCUT2D eigenvalue weighted by Gasteiger charge is 2.52. The molecule has 0 saturated carbocycles. The molecule has 1 aromatic rings. The summed E-state index contributed by atoms with van der Waals surface area (Å²) in [5, 5.41) is 2.30. The van der Waals surface area contributed by atoms with E-state index in [1.54, 1.807) is 0 Å². The van der Waals surface area contributed by atoms with Crippen LogP contribution in [0.2, 0.25) is 0 Å². The van der Waals surface area contributed by atoms with Gasteiger partial charge in [-0.2, -0.15) is 0 Å². The molecule has 0 unspecified atom stereocenters. The zero-order valence-electron chi connectivity index (χ0n) is 12.1. The van der Waals surface area contributed by atoms with Crippen molar-refractivity contribution in [3.63, 3.8) is 0 Å². The predicted molar refractivity (Wildman–Crippen MR) is 76.0 cm³/mol. The summed E-state index contributed by atoms with van der Waals surface area (Å²) in [7, 11) is -0.317. The minimum Gasteiger partial charge on any atom is -0.398 e. The van der Waals surface area contributed by atoms with Crippen LogP contribution >= 0.6 is 0 Å². The van der Waals surface area contributed by atoms with Gasteiger partial charge in [-0.3, -0.25) is 0 Å². The second kappa shape index (κ2) is 4.28. The van der Waals surface area contributed by atoms with E-state index in [-0.39, 0.29) is 18.3 Å². The molecular formula is C14H22BNO2. The Kier molecular flexibility index (Phi) is 3.20. The van der Waals surface area contributed by atoms with Gasteiger partial charge in [0.25, 0.3) is 0 Å². The molecule has 0 aromatic carbocycles. The highest BCUT2D eigenvalue weighted by molar-refractivity contribution is 6.61. The van der Waals surface area contributed by atoms with Crippen LogP contribution in [-0.2, 0) is 9.31 Å². The van der Waals surface area contributed by atoms with Crippen LogP contribution in [0.1, 0.15) is 41.5 Å². The van der Waals surface area contributed by atoms with Gasteiger partial charge in [0.05, 0.1) is 11.2 Å². The molecule has 18 heavy (non-hydrogen) atoms. The van der Waals surface area contributed by atoms with E-state index in [2.05, 4.69) is 50.9 Å². The lowest BCUT2D eigenvalue weighted by molar-refractivity contribution is 0.00578. The van der Waals surface area contributed by atoms with Gasteiger partial charge in [-0.05, 0) is 52.8 Å². The highest BCUT2D eigenvalue weighted by Crippen LogP contribution is 2.36. The van der Waals surface area contributed by atoms with Gasteiger partial charge in [0.2, 0.25) is 0 Å². The van der Waals surface area contributed by atoms with Gasteiger partial charge >= 0.3 is 7.12 Å². The maximum atomic E-state index is 6.03. The lowest BCUT2D eigenvalue weighted by Gasteiger charge is -2.32. The molecule has 0 atom stereocenters. The summed E-state index contributed by atoms with van der Waals surface area (Å²) in [5.41, 5.74) is 0.388. The summed E-state index contributed by atoms with van der Waals surface area (Å²) in [5.74, 6) is 0. The first kappa shape index (κ1) is 13.4. The normalized spacial score (nSPS) is 24.0. The van der Waals surface area contributed by atoms with Crippen LogP contribution in [0.5, 0.6) is 0 Å². The van der Waals surface area contributed by atoms with Crippen molar-refractivity contribution >= 4 is 24.9 Å². The molecule has 2 rings (SSSR count). The Morgan fingerprint density at radius 3 is 2.00 bits per heavy atom. The van der Waals surface area contributed by atoms with E-state index in [9.17, 15) is 0 Å². The molecule has 1 aromatic heterocycles. The Morgan fingerprint density at radius 2 is 1.61 bits per heavy atom. The molecule has 1 aliphatic heterocycles. The number of hydrogen-bond donors (Lipinski definition) is 1. The fraction of sp³-hybridized carbons (Fsp3) is 0.571. The van der Waals surface area contributed by atoms with E-state index in [4.69, 9.17) is 9.31 Å². The van der Waals surface area contributed by atoms with Crippen molar-refractivity contribution in [2.75, 3.05) is 0 Å². The standard InChI is InChI=1S/C14H22BNO2/c1-7-10-9-12(16-11(10)8-2)15-17-13(3,4)14(5,6)18-15/h7-9,16H,1-6H3. The zero-order chi connectivity index (χ0) is 13.6. The maximum absolute atomic E-state index is 6.03. The molecule has 0 radical (unpaired) electrons. The number of hydrogen-bond acceptors (Lipinski definition) is 2. The number of nitrogens with one attached hydrogen (secondary N) is 1. The molecule has 3 nitrogen and oxygen atoms in total. The first-order chi connectivity index (χ1) is 8.30. The lowest BCUT2D eigenvalue weighted by atomic mass is 9.85. The Morgan fingerprint density at radius 1 is 1.06 bits per heavy atom. The molecule has 1 N–H and O–H groups in total. The minimum absolute atomic E-state index is 0.297. The van der Waals surface area contributed by atoms with Crippen LogP contribution in [-0.4, -0.2) is 23.3 Å². The molecule has 0 bridgehead atoms. The van der Waals surface area contributed by atoms with Gasteiger partial charge in [0, 0.05) is 10.9 Å². The number of H-pyrrole nitrogens is 1. The molecule has 0 aliphatic carbocycles. The Bertz CT molecular complexity index is 509. The smallest absolute Gasteiger partial charge is 0.398 e. The van der Waals surface area contributed by atoms with Gasteiger partial charge in [-0.15, -0.1) is 0 Å². The molecule has 1 saturated heterocycles. The van der Waals surface area contributed by atoms with E-state index in [1.807, 2.05) is 13.8 Å². The third-order valence-electron chi connectivity index (χ3n) is 4.01. The van der Waals surface area contributed by atoms with Crippen molar-refractivity contribution in [1.29, 1.82) is 0 Å². The highest BCUT2D eigenvalue weighted by atomic mass is 16.7. The molecule has 4 heteroatoms. The Hall–Kier alpha value is -0.995. The molecule has 2 heterocycles. The van der Waals surface area contributed by atoms with E-state index >= 15 is 0 Å². The summed E-state index contributed by atoms with van der Waals surface area (Å²) >= 11 is 0. The van der Waals surface area contributed by atoms with Crippen LogP contribution < -0.4 is 16.2 Å². The van der Waals surface area contributed by atoms with Crippen molar-refractivity contribution in [2.45, 2.75) is 52.7 Å². The van der Waals surface area contributed by atoms with Gasteiger partial charge in [0.15, 0.2) is 0 Å². The van der Waals surface area contributed by atoms with E-state index in [0.717, 1.165) is 10.9 Å². The topological polar surface area (TPSA) is 34.2 Å². The zero-order valence-corrected chi connectivity index (χ0v) is 12.1. The van der Waals surface area contributed by atoms with Crippen molar-refractivity contribution in [1.82, 2.24) is 4.98 Å². The third-order valence-corrected chi connectivity index (χ3v) is 4.01. The summed E-state index contributed by atoms with van der Waals surface area (Å²) in [6.07, 6.45) is 4.14. The number of rotatable bonds is 1. The fourth-order valence-corrected chi connectivity index (χ4v) is 2.08. The SMILES string of the molecule is CC=c1cc(B2OC(C)(C)C(C)(C)O2)[nH]c1=CC. The predicted octanol–water partition coefficient (Wildman–Crippen LogP) is 0.915. The van der Waals surface area contributed by atoms with Crippen LogP contribution in [0.25, 0.3) is 12.2 Å². The molecule has 0 amide bonds. The van der Waals surface area contributed by atoms with E-state index < -0.39 is 0 Å². The van der Waals surface area contributed by atoms with Crippen molar-refractivity contribution in [3.05, 3.63) is 16.6 Å². The van der Waals surface area contributed by atoms with Gasteiger partial charge in [-0.25, -0.2) is 0 Å². The molecule has 0 spiro atoms. The largest absolute Gasteiger partial charge is 0.512 e. The maximum Gasteiger partial charge on any atom is 0.512 e. The molecular weight excluding hydrogens is 225 g/mol. The average Bonchev–Trinajstić information content (AvgIpc) is 2.78. The summed E-state index contributed by atoms with van der Waals surface area (Å²) in [6, 6.07) is 2.09. The van der Waals surface area contributed by atoms with Gasteiger partial charge in [0.1, 0.15) is 0 Å². The fourth-order valence-electron chi connectivity index (χ4n) is 2.08. The summed E-state index contributed by atoms with van der Waals surface area (Å²) in [6.45, 7) is 12.3. The average molecular weight is 247 g/mol. The second-order valence-corrected chi connectivity index (χ2v) is 5.76.